The van der Waals surface area contributed by atoms with Crippen LogP contribution in [0.15, 0.2) is 40.0 Å². The summed E-state index contributed by atoms with van der Waals surface area (Å²) in [4.78, 5) is 4.16. The average molecular weight is 601 g/mol. The van der Waals surface area contributed by atoms with Crippen LogP contribution in [0.1, 0.15) is 5.56 Å². The zero-order valence-corrected chi connectivity index (χ0v) is 18.3. The van der Waals surface area contributed by atoms with E-state index in [1.54, 1.807) is 6.08 Å². The Kier molecular flexibility index (Phi) is 8.23. The summed E-state index contributed by atoms with van der Waals surface area (Å²) in [5.41, 5.74) is 6.92. The molecule has 0 radical (unpaired) electrons. The molecule has 0 spiro atoms. The molecule has 0 saturated heterocycles. The van der Waals surface area contributed by atoms with Crippen molar-refractivity contribution in [2.45, 2.75) is 5.75 Å². The first-order valence-electron chi connectivity index (χ1n) is 4.94. The number of nitrogens with two attached hydrogens (primary N) is 1. The number of halogens is 5. The van der Waals surface area contributed by atoms with Crippen molar-refractivity contribution >= 4 is 96.6 Å². The summed E-state index contributed by atoms with van der Waals surface area (Å²) in [5, 5.41) is 0.550. The second-order valence-corrected chi connectivity index (χ2v) is 8.27. The Hall–Kier alpha value is 1.18. The molecule has 1 rings (SSSR count). The van der Waals surface area contributed by atoms with Gasteiger partial charge in [-0.25, -0.2) is 0 Å². The van der Waals surface area contributed by atoms with E-state index < -0.39 is 0 Å². The van der Waals surface area contributed by atoms with E-state index in [1.165, 1.54) is 11.8 Å². The monoisotopic (exact) mass is 596 g/mol. The molecule has 0 bridgehead atoms. The average Bonchev–Trinajstić information content (AvgIpc) is 2.40. The standard InChI is InChI=1S/C11H9Br5N2S/c1-2-3-18-11(17)19-4-5-6(12)8(14)10(16)9(15)7(5)13/h2H,1,3-4H2,(H2,17,18). The van der Waals surface area contributed by atoms with Gasteiger partial charge in [0.25, 0.3) is 0 Å². The Morgan fingerprint density at radius 3 is 2.00 bits per heavy atom. The van der Waals surface area contributed by atoms with Crippen molar-refractivity contribution in [2.75, 3.05) is 6.54 Å². The van der Waals surface area contributed by atoms with Crippen LogP contribution in [0, 0.1) is 0 Å². The van der Waals surface area contributed by atoms with E-state index in [0.717, 1.165) is 27.9 Å². The topological polar surface area (TPSA) is 38.4 Å². The molecule has 8 heteroatoms. The number of hydrogen-bond donors (Lipinski definition) is 1. The van der Waals surface area contributed by atoms with Crippen LogP contribution in [0.3, 0.4) is 0 Å². The lowest BCUT2D eigenvalue weighted by Crippen LogP contribution is -2.07. The SMILES string of the molecule is C=CCN=C(N)SCc1c(Br)c(Br)c(Br)c(Br)c1Br. The molecule has 0 atom stereocenters. The van der Waals surface area contributed by atoms with Crippen LogP contribution in [0.4, 0.5) is 0 Å². The van der Waals surface area contributed by atoms with Crippen molar-refractivity contribution in [1.82, 2.24) is 0 Å². The van der Waals surface area contributed by atoms with Crippen LogP contribution in [-0.4, -0.2) is 11.7 Å². The number of amidine groups is 1. The minimum atomic E-state index is 0.537. The second-order valence-electron chi connectivity index (χ2n) is 3.30. The molecule has 0 fully saturated rings. The molecule has 0 unspecified atom stereocenters. The van der Waals surface area contributed by atoms with Gasteiger partial charge >= 0.3 is 0 Å². The third-order valence-electron chi connectivity index (χ3n) is 2.04. The first-order valence-corrected chi connectivity index (χ1v) is 9.89. The smallest absolute Gasteiger partial charge is 0.154 e. The molecule has 0 aliphatic carbocycles. The third kappa shape index (κ3) is 4.85. The number of benzene rings is 1. The van der Waals surface area contributed by atoms with E-state index in [-0.39, 0.29) is 0 Å². The lowest BCUT2D eigenvalue weighted by molar-refractivity contribution is 1.25. The molecule has 2 N–H and O–H groups in total. The minimum Gasteiger partial charge on any atom is -0.379 e. The highest BCUT2D eigenvalue weighted by Gasteiger charge is 2.17. The summed E-state index contributed by atoms with van der Waals surface area (Å²) in [6.07, 6.45) is 1.71. The van der Waals surface area contributed by atoms with E-state index in [2.05, 4.69) is 91.2 Å². The summed E-state index contributed by atoms with van der Waals surface area (Å²) >= 11 is 19.2. The van der Waals surface area contributed by atoms with E-state index in [9.17, 15) is 0 Å². The highest BCUT2D eigenvalue weighted by molar-refractivity contribution is 9.15. The highest BCUT2D eigenvalue weighted by atomic mass is 79.9. The molecule has 0 saturated carbocycles. The number of nitrogens with zero attached hydrogens (tertiary/aromatic N) is 1. The highest BCUT2D eigenvalue weighted by Crippen LogP contribution is 2.45. The fourth-order valence-electron chi connectivity index (χ4n) is 1.12. The zero-order valence-electron chi connectivity index (χ0n) is 9.52. The van der Waals surface area contributed by atoms with Gasteiger partial charge in [0, 0.05) is 28.1 Å². The maximum Gasteiger partial charge on any atom is 0.154 e. The van der Waals surface area contributed by atoms with Gasteiger partial charge in [-0.1, -0.05) is 17.8 Å². The predicted molar refractivity (Wildman–Crippen MR) is 103 cm³/mol. The third-order valence-corrected chi connectivity index (χ3v) is 9.16. The van der Waals surface area contributed by atoms with Gasteiger partial charge in [0.2, 0.25) is 0 Å². The molecule has 19 heavy (non-hydrogen) atoms. The van der Waals surface area contributed by atoms with Gasteiger partial charge in [-0.3, -0.25) is 4.99 Å². The van der Waals surface area contributed by atoms with Crippen molar-refractivity contribution < 1.29 is 0 Å². The lowest BCUT2D eigenvalue weighted by atomic mass is 10.2. The minimum absolute atomic E-state index is 0.537. The van der Waals surface area contributed by atoms with Gasteiger partial charge < -0.3 is 5.73 Å². The van der Waals surface area contributed by atoms with Crippen LogP contribution in [0.25, 0.3) is 0 Å². The molecule has 104 valence electrons. The Labute approximate surface area is 158 Å². The fourth-order valence-corrected chi connectivity index (χ4v) is 5.65. The summed E-state index contributed by atoms with van der Waals surface area (Å²) in [5.74, 6) is 0.706. The maximum absolute atomic E-state index is 5.82. The zero-order chi connectivity index (χ0) is 14.6. The molecule has 1 aromatic carbocycles. The molecule has 2 nitrogen and oxygen atoms in total. The number of rotatable bonds is 4. The number of hydrogen-bond acceptors (Lipinski definition) is 2. The Balaban J connectivity index is 2.99. The quantitative estimate of drug-likeness (QED) is 0.146. The maximum atomic E-state index is 5.82. The van der Waals surface area contributed by atoms with Gasteiger partial charge in [0.05, 0.1) is 6.54 Å². The number of aliphatic imine (C=N–C) groups is 1. The fraction of sp³-hybridized carbons (Fsp3) is 0.182. The Morgan fingerprint density at radius 2 is 1.53 bits per heavy atom. The largest absolute Gasteiger partial charge is 0.379 e. The molecule has 0 aromatic heterocycles. The van der Waals surface area contributed by atoms with Gasteiger partial charge in [0.1, 0.15) is 0 Å². The van der Waals surface area contributed by atoms with Crippen molar-refractivity contribution in [2.24, 2.45) is 10.7 Å². The summed E-state index contributed by atoms with van der Waals surface area (Å²) in [7, 11) is 0. The normalized spacial score (nSPS) is 11.7. The van der Waals surface area contributed by atoms with Crippen molar-refractivity contribution in [3.8, 4) is 0 Å². The predicted octanol–water partition coefficient (Wildman–Crippen LogP) is 6.23. The molecule has 0 aliphatic heterocycles. The van der Waals surface area contributed by atoms with Gasteiger partial charge in [-0.2, -0.15) is 0 Å². The summed E-state index contributed by atoms with van der Waals surface area (Å²) in [6, 6.07) is 0. The van der Waals surface area contributed by atoms with E-state index in [1.807, 2.05) is 0 Å². The van der Waals surface area contributed by atoms with Crippen LogP contribution in [-0.2, 0) is 5.75 Å². The molecule has 0 heterocycles. The van der Waals surface area contributed by atoms with E-state index >= 15 is 0 Å². The Bertz CT molecular complexity index is 501. The first kappa shape index (κ1) is 18.2. The van der Waals surface area contributed by atoms with Crippen molar-refractivity contribution in [3.05, 3.63) is 40.6 Å². The molecular formula is C11H9Br5N2S. The lowest BCUT2D eigenvalue weighted by Gasteiger charge is -2.13. The van der Waals surface area contributed by atoms with Crippen LogP contribution >= 0.6 is 91.4 Å². The van der Waals surface area contributed by atoms with Crippen molar-refractivity contribution in [1.29, 1.82) is 0 Å². The molecule has 0 amide bonds. The molecular weight excluding hydrogens is 592 g/mol. The number of thioether (sulfide) groups is 1. The van der Waals surface area contributed by atoms with Crippen LogP contribution in [0.2, 0.25) is 0 Å². The first-order chi connectivity index (χ1) is 8.90. The van der Waals surface area contributed by atoms with Crippen LogP contribution < -0.4 is 5.73 Å². The second kappa shape index (κ2) is 8.58. The van der Waals surface area contributed by atoms with E-state index in [4.69, 9.17) is 5.73 Å². The van der Waals surface area contributed by atoms with Gasteiger partial charge in [-0.05, 0) is 85.2 Å². The molecule has 0 aliphatic rings. The summed E-state index contributed by atoms with van der Waals surface area (Å²) in [6.45, 7) is 4.14. The summed E-state index contributed by atoms with van der Waals surface area (Å²) < 4.78 is 4.84. The van der Waals surface area contributed by atoms with Gasteiger partial charge in [0.15, 0.2) is 5.17 Å². The van der Waals surface area contributed by atoms with E-state index in [0.29, 0.717) is 17.5 Å². The van der Waals surface area contributed by atoms with Gasteiger partial charge in [-0.15, -0.1) is 6.58 Å². The molecule has 1 aromatic rings. The van der Waals surface area contributed by atoms with Crippen LogP contribution in [0.5, 0.6) is 0 Å². The van der Waals surface area contributed by atoms with Crippen molar-refractivity contribution in [3.63, 3.8) is 0 Å². The Morgan fingerprint density at radius 1 is 1.05 bits per heavy atom.